The highest BCUT2D eigenvalue weighted by molar-refractivity contribution is 5.33. The average Bonchev–Trinajstić information content (AvgIpc) is 2.42. The molecule has 2 aromatic rings. The third kappa shape index (κ3) is 3.65. The number of aryl methyl sites for hydroxylation is 1. The van der Waals surface area contributed by atoms with Crippen molar-refractivity contribution in [2.45, 2.75) is 26.7 Å². The molecular weight excluding hydrogens is 271 g/mol. The molecular formula is C15H19FN4O. The van der Waals surface area contributed by atoms with E-state index in [9.17, 15) is 4.39 Å². The number of rotatable bonds is 4. The van der Waals surface area contributed by atoms with Crippen LogP contribution < -0.4 is 9.64 Å². The van der Waals surface area contributed by atoms with Gasteiger partial charge in [0.05, 0.1) is 0 Å². The minimum absolute atomic E-state index is 0.156. The zero-order valence-corrected chi connectivity index (χ0v) is 12.9. The smallest absolute Gasteiger partial charge is 0.327 e. The van der Waals surface area contributed by atoms with E-state index in [4.69, 9.17) is 4.74 Å². The maximum atomic E-state index is 13.3. The summed E-state index contributed by atoms with van der Waals surface area (Å²) in [5, 5.41) is 0. The SMILES string of the molecule is Cc1cc(Oc2nc(C(C)C)nc(N(C)C)n2)ccc1F. The van der Waals surface area contributed by atoms with Crippen molar-refractivity contribution >= 4 is 5.95 Å². The molecule has 0 atom stereocenters. The number of halogens is 1. The molecule has 0 fully saturated rings. The molecule has 112 valence electrons. The Bertz CT molecular complexity index is 617. The van der Waals surface area contributed by atoms with Gasteiger partial charge in [-0.25, -0.2) is 4.39 Å². The summed E-state index contributed by atoms with van der Waals surface area (Å²) in [5.41, 5.74) is 0.512. The van der Waals surface area contributed by atoms with Crippen LogP contribution in [-0.4, -0.2) is 29.0 Å². The van der Waals surface area contributed by atoms with Gasteiger partial charge < -0.3 is 9.64 Å². The van der Waals surface area contributed by atoms with Crippen LogP contribution in [0.25, 0.3) is 0 Å². The Hall–Kier alpha value is -2.24. The lowest BCUT2D eigenvalue weighted by atomic mass is 10.2. The molecule has 5 nitrogen and oxygen atoms in total. The fraction of sp³-hybridized carbons (Fsp3) is 0.400. The predicted molar refractivity (Wildman–Crippen MR) is 79.5 cm³/mol. The van der Waals surface area contributed by atoms with E-state index in [2.05, 4.69) is 15.0 Å². The quantitative estimate of drug-likeness (QED) is 0.864. The molecule has 0 aliphatic carbocycles. The highest BCUT2D eigenvalue weighted by atomic mass is 19.1. The van der Waals surface area contributed by atoms with Gasteiger partial charge in [-0.1, -0.05) is 13.8 Å². The minimum atomic E-state index is -0.269. The molecule has 0 radical (unpaired) electrons. The van der Waals surface area contributed by atoms with Crippen molar-refractivity contribution in [3.05, 3.63) is 35.4 Å². The molecule has 0 aliphatic heterocycles. The summed E-state index contributed by atoms with van der Waals surface area (Å²) >= 11 is 0. The van der Waals surface area contributed by atoms with Crippen LogP contribution in [0.4, 0.5) is 10.3 Å². The zero-order chi connectivity index (χ0) is 15.6. The summed E-state index contributed by atoms with van der Waals surface area (Å²) in [6.07, 6.45) is 0. The van der Waals surface area contributed by atoms with Crippen LogP contribution in [-0.2, 0) is 0 Å². The predicted octanol–water partition coefficient (Wildman–Crippen LogP) is 3.30. The summed E-state index contributed by atoms with van der Waals surface area (Å²) in [4.78, 5) is 14.7. The van der Waals surface area contributed by atoms with Gasteiger partial charge in [-0.05, 0) is 30.7 Å². The normalized spacial score (nSPS) is 10.8. The van der Waals surface area contributed by atoms with E-state index in [0.29, 0.717) is 23.1 Å². The maximum Gasteiger partial charge on any atom is 0.327 e. The second-order valence-electron chi connectivity index (χ2n) is 5.34. The Morgan fingerprint density at radius 1 is 1.14 bits per heavy atom. The summed E-state index contributed by atoms with van der Waals surface area (Å²) in [6.45, 7) is 5.68. The molecule has 6 heteroatoms. The molecule has 21 heavy (non-hydrogen) atoms. The third-order valence-electron chi connectivity index (χ3n) is 2.88. The van der Waals surface area contributed by atoms with Crippen LogP contribution >= 0.6 is 0 Å². The number of aromatic nitrogens is 3. The van der Waals surface area contributed by atoms with Crippen LogP contribution in [0.3, 0.4) is 0 Å². The van der Waals surface area contributed by atoms with E-state index in [1.54, 1.807) is 24.0 Å². The van der Waals surface area contributed by atoms with Crippen molar-refractivity contribution < 1.29 is 9.13 Å². The first-order valence-corrected chi connectivity index (χ1v) is 6.74. The molecule has 2 rings (SSSR count). The lowest BCUT2D eigenvalue weighted by Crippen LogP contribution is -2.15. The van der Waals surface area contributed by atoms with Crippen LogP contribution in [0.5, 0.6) is 11.8 Å². The number of ether oxygens (including phenoxy) is 1. The van der Waals surface area contributed by atoms with Crippen LogP contribution in [0.15, 0.2) is 18.2 Å². The molecule has 0 aliphatic rings. The molecule has 0 bridgehead atoms. The van der Waals surface area contributed by atoms with Gasteiger partial charge in [0.15, 0.2) is 0 Å². The Labute approximate surface area is 123 Å². The second-order valence-corrected chi connectivity index (χ2v) is 5.34. The monoisotopic (exact) mass is 290 g/mol. The third-order valence-corrected chi connectivity index (χ3v) is 2.88. The van der Waals surface area contributed by atoms with Crippen molar-refractivity contribution in [1.82, 2.24) is 15.0 Å². The Balaban J connectivity index is 2.36. The first-order valence-electron chi connectivity index (χ1n) is 6.74. The van der Waals surface area contributed by atoms with Gasteiger partial charge in [0, 0.05) is 20.0 Å². The summed E-state index contributed by atoms with van der Waals surface area (Å²) in [6, 6.07) is 4.74. The average molecular weight is 290 g/mol. The van der Waals surface area contributed by atoms with Crippen molar-refractivity contribution in [3.63, 3.8) is 0 Å². The van der Waals surface area contributed by atoms with E-state index >= 15 is 0 Å². The van der Waals surface area contributed by atoms with Crippen LogP contribution in [0.1, 0.15) is 31.2 Å². The van der Waals surface area contributed by atoms with Crippen molar-refractivity contribution in [3.8, 4) is 11.8 Å². The van der Waals surface area contributed by atoms with Crippen molar-refractivity contribution in [1.29, 1.82) is 0 Å². The molecule has 0 unspecified atom stereocenters. The second kappa shape index (κ2) is 6.03. The van der Waals surface area contributed by atoms with Crippen molar-refractivity contribution in [2.24, 2.45) is 0 Å². The van der Waals surface area contributed by atoms with Gasteiger partial charge in [0.2, 0.25) is 5.95 Å². The minimum Gasteiger partial charge on any atom is -0.424 e. The highest BCUT2D eigenvalue weighted by Crippen LogP contribution is 2.23. The number of hydrogen-bond donors (Lipinski definition) is 0. The van der Waals surface area contributed by atoms with E-state index in [1.807, 2.05) is 27.9 Å². The van der Waals surface area contributed by atoms with Crippen molar-refractivity contribution in [2.75, 3.05) is 19.0 Å². The van der Waals surface area contributed by atoms with Gasteiger partial charge in [0.25, 0.3) is 0 Å². The molecule has 0 saturated heterocycles. The van der Waals surface area contributed by atoms with Crippen LogP contribution in [0, 0.1) is 12.7 Å². The molecule has 0 saturated carbocycles. The summed E-state index contributed by atoms with van der Waals surface area (Å²) in [7, 11) is 3.70. The molecule has 1 aromatic heterocycles. The van der Waals surface area contributed by atoms with Gasteiger partial charge in [-0.3, -0.25) is 0 Å². The number of nitrogens with zero attached hydrogens (tertiary/aromatic N) is 4. The first-order chi connectivity index (χ1) is 9.86. The number of benzene rings is 1. The van der Waals surface area contributed by atoms with E-state index in [1.165, 1.54) is 6.07 Å². The molecule has 0 N–H and O–H groups in total. The maximum absolute atomic E-state index is 13.3. The highest BCUT2D eigenvalue weighted by Gasteiger charge is 2.13. The largest absolute Gasteiger partial charge is 0.424 e. The van der Waals surface area contributed by atoms with E-state index in [-0.39, 0.29) is 17.7 Å². The van der Waals surface area contributed by atoms with E-state index in [0.717, 1.165) is 0 Å². The van der Waals surface area contributed by atoms with Gasteiger partial charge in [0.1, 0.15) is 17.4 Å². The topological polar surface area (TPSA) is 51.1 Å². The van der Waals surface area contributed by atoms with Gasteiger partial charge in [-0.2, -0.15) is 15.0 Å². The lowest BCUT2D eigenvalue weighted by molar-refractivity contribution is 0.432. The fourth-order valence-electron chi connectivity index (χ4n) is 1.65. The Kier molecular flexibility index (Phi) is 4.35. The fourth-order valence-corrected chi connectivity index (χ4v) is 1.65. The molecule has 1 aromatic carbocycles. The van der Waals surface area contributed by atoms with Crippen LogP contribution in [0.2, 0.25) is 0 Å². The molecule has 1 heterocycles. The first kappa shape index (κ1) is 15.2. The van der Waals surface area contributed by atoms with Gasteiger partial charge in [-0.15, -0.1) is 0 Å². The molecule has 0 amide bonds. The molecule has 0 spiro atoms. The number of hydrogen-bond acceptors (Lipinski definition) is 5. The Morgan fingerprint density at radius 3 is 2.43 bits per heavy atom. The lowest BCUT2D eigenvalue weighted by Gasteiger charge is -2.14. The van der Waals surface area contributed by atoms with E-state index < -0.39 is 0 Å². The Morgan fingerprint density at radius 2 is 1.86 bits per heavy atom. The number of anilines is 1. The zero-order valence-electron chi connectivity index (χ0n) is 12.9. The van der Waals surface area contributed by atoms with Gasteiger partial charge >= 0.3 is 6.01 Å². The standard InChI is InChI=1S/C15H19FN4O/c1-9(2)13-17-14(20(4)5)19-15(18-13)21-11-6-7-12(16)10(3)8-11/h6-9H,1-5H3. The summed E-state index contributed by atoms with van der Waals surface area (Å²) < 4.78 is 18.9. The summed E-state index contributed by atoms with van der Waals surface area (Å²) in [5.74, 6) is 1.57.